The van der Waals surface area contributed by atoms with Crippen molar-refractivity contribution in [2.24, 2.45) is 0 Å². The van der Waals surface area contributed by atoms with E-state index in [-0.39, 0.29) is 17.4 Å². The van der Waals surface area contributed by atoms with Crippen LogP contribution < -0.4 is 5.32 Å². The molecule has 0 saturated heterocycles. The Bertz CT molecular complexity index is 662. The molecule has 6 heteroatoms. The van der Waals surface area contributed by atoms with E-state index in [1.165, 1.54) is 6.07 Å². The number of halogens is 2. The van der Waals surface area contributed by atoms with Crippen LogP contribution in [0, 0.1) is 11.6 Å². The van der Waals surface area contributed by atoms with Gasteiger partial charge in [0.15, 0.2) is 11.6 Å². The summed E-state index contributed by atoms with van der Waals surface area (Å²) >= 11 is 0. The van der Waals surface area contributed by atoms with Crippen molar-refractivity contribution in [3.8, 4) is 0 Å². The Morgan fingerprint density at radius 3 is 2.43 bits per heavy atom. The summed E-state index contributed by atoms with van der Waals surface area (Å²) in [7, 11) is -1.49. The van der Waals surface area contributed by atoms with Crippen molar-refractivity contribution >= 4 is 22.4 Å². The van der Waals surface area contributed by atoms with Crippen LogP contribution in [-0.2, 0) is 21.3 Å². The van der Waals surface area contributed by atoms with Gasteiger partial charge in [-0.3, -0.25) is 9.00 Å². The number of carbonyl (C=O) groups is 1. The predicted octanol–water partition coefficient (Wildman–Crippen LogP) is 2.85. The number of anilines is 1. The van der Waals surface area contributed by atoms with Crippen LogP contribution in [0.3, 0.4) is 0 Å². The normalized spacial score (nSPS) is 11.9. The van der Waals surface area contributed by atoms with Crippen LogP contribution in [0.2, 0.25) is 0 Å². The third kappa shape index (κ3) is 4.75. The van der Waals surface area contributed by atoms with E-state index in [9.17, 15) is 17.8 Å². The van der Waals surface area contributed by atoms with E-state index in [1.807, 2.05) is 6.07 Å². The van der Waals surface area contributed by atoms with E-state index in [0.717, 1.165) is 12.1 Å². The number of hydrogen-bond donors (Lipinski definition) is 1. The Morgan fingerprint density at radius 2 is 1.76 bits per heavy atom. The third-order valence-electron chi connectivity index (χ3n) is 2.66. The molecule has 21 heavy (non-hydrogen) atoms. The maximum Gasteiger partial charge on any atom is 0.237 e. The average Bonchev–Trinajstić information content (AvgIpc) is 2.43. The van der Waals surface area contributed by atoms with E-state index < -0.39 is 22.4 Å². The summed E-state index contributed by atoms with van der Waals surface area (Å²) in [5, 5.41) is 2.61. The summed E-state index contributed by atoms with van der Waals surface area (Å²) in [5.41, 5.74) is 1.01. The van der Waals surface area contributed by atoms with Crippen LogP contribution in [0.5, 0.6) is 0 Å². The first-order valence-electron chi connectivity index (χ1n) is 6.18. The Labute approximate surface area is 123 Å². The highest BCUT2D eigenvalue weighted by Gasteiger charge is 2.10. The molecule has 3 nitrogen and oxygen atoms in total. The van der Waals surface area contributed by atoms with Crippen molar-refractivity contribution in [3.63, 3.8) is 0 Å². The number of benzene rings is 2. The molecule has 0 spiro atoms. The quantitative estimate of drug-likeness (QED) is 0.923. The maximum absolute atomic E-state index is 13.0. The Kier molecular flexibility index (Phi) is 5.16. The Morgan fingerprint density at radius 1 is 1.05 bits per heavy atom. The molecule has 0 heterocycles. The van der Waals surface area contributed by atoms with Crippen LogP contribution in [0.4, 0.5) is 14.5 Å². The number of rotatable bonds is 5. The monoisotopic (exact) mass is 309 g/mol. The molecule has 1 amide bonds. The molecule has 0 aliphatic heterocycles. The fourth-order valence-corrected chi connectivity index (χ4v) is 2.75. The predicted molar refractivity (Wildman–Crippen MR) is 78.1 cm³/mol. The molecular formula is C15H13F2NO2S. The minimum absolute atomic E-state index is 0.000586. The zero-order valence-electron chi connectivity index (χ0n) is 11.0. The van der Waals surface area contributed by atoms with Gasteiger partial charge in [0.1, 0.15) is 5.75 Å². The zero-order valence-corrected chi connectivity index (χ0v) is 11.8. The van der Waals surface area contributed by atoms with Gasteiger partial charge in [0.25, 0.3) is 0 Å². The van der Waals surface area contributed by atoms with Gasteiger partial charge in [0, 0.05) is 22.2 Å². The minimum atomic E-state index is -1.49. The van der Waals surface area contributed by atoms with Gasteiger partial charge in [-0.15, -0.1) is 0 Å². The number of amides is 1. The molecule has 1 N–H and O–H groups in total. The van der Waals surface area contributed by atoms with Crippen molar-refractivity contribution in [2.75, 3.05) is 11.1 Å². The SMILES string of the molecule is O=C(CS(=O)Cc1ccc(F)c(F)c1)Nc1ccccc1. The van der Waals surface area contributed by atoms with Gasteiger partial charge in [0.05, 0.1) is 0 Å². The fourth-order valence-electron chi connectivity index (χ4n) is 1.73. The molecule has 0 aliphatic rings. The molecule has 2 aromatic carbocycles. The smallest absolute Gasteiger partial charge is 0.237 e. The van der Waals surface area contributed by atoms with E-state index in [2.05, 4.69) is 5.32 Å². The molecule has 2 aromatic rings. The van der Waals surface area contributed by atoms with Crippen LogP contribution in [0.1, 0.15) is 5.56 Å². The molecule has 0 aliphatic carbocycles. The molecule has 0 aromatic heterocycles. The number of nitrogens with one attached hydrogen (secondary N) is 1. The summed E-state index contributed by atoms with van der Waals surface area (Å²) in [4.78, 5) is 11.7. The lowest BCUT2D eigenvalue weighted by Crippen LogP contribution is -2.20. The van der Waals surface area contributed by atoms with Crippen LogP contribution in [0.15, 0.2) is 48.5 Å². The molecule has 0 saturated carbocycles. The van der Waals surface area contributed by atoms with Crippen LogP contribution in [0.25, 0.3) is 0 Å². The summed E-state index contributed by atoms with van der Waals surface area (Å²) in [6, 6.07) is 12.1. The highest BCUT2D eigenvalue weighted by atomic mass is 32.2. The summed E-state index contributed by atoms with van der Waals surface area (Å²) in [5.74, 6) is -2.53. The van der Waals surface area contributed by atoms with Crippen LogP contribution in [-0.4, -0.2) is 15.9 Å². The Balaban J connectivity index is 1.89. The second-order valence-electron chi connectivity index (χ2n) is 4.39. The average molecular weight is 309 g/mol. The lowest BCUT2D eigenvalue weighted by Gasteiger charge is -2.05. The van der Waals surface area contributed by atoms with Gasteiger partial charge < -0.3 is 5.32 Å². The van der Waals surface area contributed by atoms with Crippen molar-refractivity contribution in [2.45, 2.75) is 5.75 Å². The third-order valence-corrected chi connectivity index (χ3v) is 3.90. The fraction of sp³-hybridized carbons (Fsp3) is 0.133. The highest BCUT2D eigenvalue weighted by molar-refractivity contribution is 7.84. The van der Waals surface area contributed by atoms with Crippen LogP contribution >= 0.6 is 0 Å². The van der Waals surface area contributed by atoms with Crippen molar-refractivity contribution in [1.82, 2.24) is 0 Å². The molecule has 2 rings (SSSR count). The van der Waals surface area contributed by atoms with Crippen molar-refractivity contribution in [3.05, 3.63) is 65.7 Å². The lowest BCUT2D eigenvalue weighted by molar-refractivity contribution is -0.113. The highest BCUT2D eigenvalue weighted by Crippen LogP contribution is 2.11. The minimum Gasteiger partial charge on any atom is -0.325 e. The van der Waals surface area contributed by atoms with Gasteiger partial charge in [0.2, 0.25) is 5.91 Å². The molecule has 1 atom stereocenters. The van der Waals surface area contributed by atoms with E-state index >= 15 is 0 Å². The second kappa shape index (κ2) is 7.08. The second-order valence-corrected chi connectivity index (χ2v) is 5.85. The van der Waals surface area contributed by atoms with Crippen molar-refractivity contribution < 1.29 is 17.8 Å². The van der Waals surface area contributed by atoms with E-state index in [4.69, 9.17) is 0 Å². The van der Waals surface area contributed by atoms with Gasteiger partial charge in [-0.2, -0.15) is 0 Å². The number of hydrogen-bond acceptors (Lipinski definition) is 2. The molecule has 1 unspecified atom stereocenters. The standard InChI is InChI=1S/C15H13F2NO2S/c16-13-7-6-11(8-14(13)17)9-21(20)10-15(19)18-12-4-2-1-3-5-12/h1-8H,9-10H2,(H,18,19). The number of para-hydroxylation sites is 1. The maximum atomic E-state index is 13.0. The van der Waals surface area contributed by atoms with Gasteiger partial charge in [-0.05, 0) is 29.8 Å². The first kappa shape index (κ1) is 15.3. The number of carbonyl (C=O) groups excluding carboxylic acids is 1. The van der Waals surface area contributed by atoms with E-state index in [1.54, 1.807) is 24.3 Å². The molecule has 0 bridgehead atoms. The largest absolute Gasteiger partial charge is 0.325 e. The first-order valence-corrected chi connectivity index (χ1v) is 7.67. The Hall–Kier alpha value is -2.08. The van der Waals surface area contributed by atoms with Gasteiger partial charge >= 0.3 is 0 Å². The molecular weight excluding hydrogens is 296 g/mol. The summed E-state index contributed by atoms with van der Waals surface area (Å²) in [6.45, 7) is 0. The first-order chi connectivity index (χ1) is 10.0. The van der Waals surface area contributed by atoms with Gasteiger partial charge in [-0.25, -0.2) is 8.78 Å². The molecule has 110 valence electrons. The topological polar surface area (TPSA) is 46.2 Å². The molecule has 0 radical (unpaired) electrons. The summed E-state index contributed by atoms with van der Waals surface area (Å²) in [6.07, 6.45) is 0. The zero-order chi connectivity index (χ0) is 15.2. The summed E-state index contributed by atoms with van der Waals surface area (Å²) < 4.78 is 37.6. The van der Waals surface area contributed by atoms with Crippen molar-refractivity contribution in [1.29, 1.82) is 0 Å². The van der Waals surface area contributed by atoms with E-state index in [0.29, 0.717) is 11.3 Å². The molecule has 0 fully saturated rings. The lowest BCUT2D eigenvalue weighted by atomic mass is 10.2. The van der Waals surface area contributed by atoms with Gasteiger partial charge in [-0.1, -0.05) is 24.3 Å².